The molecule has 0 saturated carbocycles. The molecule has 1 aromatic heterocycles. The monoisotopic (exact) mass is 539 g/mol. The SMILES string of the molecule is Cc1cc(C)c(N2c3ccccc3C(C)(C)c3sc(C=C4C(=O)c5cc6ccccc6cc5C4=O)cc32)c(C)c1. The lowest BCUT2D eigenvalue weighted by Gasteiger charge is -2.41. The molecular weight excluding hydrogens is 510 g/mol. The number of carbonyl (C=O) groups is 2. The Morgan fingerprint density at radius 3 is 1.93 bits per heavy atom. The van der Waals surface area contributed by atoms with E-state index in [1.807, 2.05) is 42.5 Å². The highest BCUT2D eigenvalue weighted by Crippen LogP contribution is 2.56. The maximum atomic E-state index is 13.5. The van der Waals surface area contributed by atoms with E-state index in [1.165, 1.54) is 38.5 Å². The van der Waals surface area contributed by atoms with E-state index in [-0.39, 0.29) is 22.6 Å². The number of benzene rings is 4. The van der Waals surface area contributed by atoms with E-state index in [2.05, 4.69) is 82.0 Å². The Morgan fingerprint density at radius 2 is 1.30 bits per heavy atom. The van der Waals surface area contributed by atoms with E-state index in [9.17, 15) is 9.59 Å². The van der Waals surface area contributed by atoms with Crippen molar-refractivity contribution in [2.24, 2.45) is 0 Å². The Bertz CT molecular complexity index is 1880. The number of ketones is 2. The van der Waals surface area contributed by atoms with Gasteiger partial charge in [-0.05, 0) is 78.6 Å². The van der Waals surface area contributed by atoms with Crippen molar-refractivity contribution >= 4 is 56.8 Å². The molecule has 4 aromatic carbocycles. The predicted molar refractivity (Wildman–Crippen MR) is 166 cm³/mol. The molecule has 0 radical (unpaired) electrons. The van der Waals surface area contributed by atoms with Gasteiger partial charge in [0.05, 0.1) is 22.6 Å². The molecule has 1 aliphatic heterocycles. The molecule has 0 unspecified atom stereocenters. The molecular formula is C36H29NO2S. The molecule has 0 fully saturated rings. The molecule has 0 atom stereocenters. The van der Waals surface area contributed by atoms with Crippen LogP contribution >= 0.6 is 11.3 Å². The van der Waals surface area contributed by atoms with Gasteiger partial charge < -0.3 is 4.90 Å². The molecule has 7 rings (SSSR count). The summed E-state index contributed by atoms with van der Waals surface area (Å²) in [6, 6.07) is 26.8. The summed E-state index contributed by atoms with van der Waals surface area (Å²) < 4.78 is 0. The summed E-state index contributed by atoms with van der Waals surface area (Å²) in [5.74, 6) is -0.386. The van der Waals surface area contributed by atoms with Gasteiger partial charge in [0.15, 0.2) is 11.6 Å². The number of nitrogens with zero attached hydrogens (tertiary/aromatic N) is 1. The second-order valence-electron chi connectivity index (χ2n) is 11.5. The Morgan fingerprint density at radius 1 is 0.725 bits per heavy atom. The summed E-state index contributed by atoms with van der Waals surface area (Å²) in [7, 11) is 0. The van der Waals surface area contributed by atoms with Gasteiger partial charge >= 0.3 is 0 Å². The van der Waals surface area contributed by atoms with E-state index in [0.717, 1.165) is 21.3 Å². The van der Waals surface area contributed by atoms with Crippen molar-refractivity contribution in [3.63, 3.8) is 0 Å². The van der Waals surface area contributed by atoms with Crippen LogP contribution in [0.1, 0.15) is 66.6 Å². The summed E-state index contributed by atoms with van der Waals surface area (Å²) in [6.45, 7) is 11.0. The second-order valence-corrected chi connectivity index (χ2v) is 12.6. The molecule has 0 saturated heterocycles. The highest BCUT2D eigenvalue weighted by molar-refractivity contribution is 7.13. The molecule has 4 heteroatoms. The number of rotatable bonds is 2. The molecule has 0 spiro atoms. The number of allylic oxidation sites excluding steroid dienone is 1. The van der Waals surface area contributed by atoms with Crippen LogP contribution in [0.5, 0.6) is 0 Å². The Labute approximate surface area is 238 Å². The third-order valence-corrected chi connectivity index (χ3v) is 9.76. The van der Waals surface area contributed by atoms with Crippen LogP contribution in [-0.4, -0.2) is 11.6 Å². The summed E-state index contributed by atoms with van der Waals surface area (Å²) >= 11 is 1.67. The first-order chi connectivity index (χ1) is 19.1. The molecule has 5 aromatic rings. The van der Waals surface area contributed by atoms with Gasteiger partial charge in [0.2, 0.25) is 0 Å². The van der Waals surface area contributed by atoms with E-state index in [0.29, 0.717) is 11.1 Å². The quantitative estimate of drug-likeness (QED) is 0.166. The van der Waals surface area contributed by atoms with Crippen molar-refractivity contribution in [2.45, 2.75) is 40.0 Å². The standard InChI is InChI=1S/C36H29NO2S/c1-20-14-21(2)32(22(3)15-20)37-30-13-9-8-12-29(30)36(4,5)35-31(37)19-25(40-35)18-28-33(38)26-16-23-10-6-7-11-24(23)17-27(26)34(28)39/h6-19H,1-5H3. The highest BCUT2D eigenvalue weighted by Gasteiger charge is 2.40. The van der Waals surface area contributed by atoms with Gasteiger partial charge in [0, 0.05) is 26.3 Å². The number of thiophene rings is 1. The molecule has 0 amide bonds. The Balaban J connectivity index is 1.41. The maximum Gasteiger partial charge on any atom is 0.197 e. The van der Waals surface area contributed by atoms with Crippen molar-refractivity contribution in [1.29, 1.82) is 0 Å². The number of hydrogen-bond donors (Lipinski definition) is 0. The van der Waals surface area contributed by atoms with Gasteiger partial charge in [-0.3, -0.25) is 9.59 Å². The van der Waals surface area contributed by atoms with Crippen molar-refractivity contribution in [2.75, 3.05) is 4.90 Å². The van der Waals surface area contributed by atoms with Crippen molar-refractivity contribution in [3.05, 3.63) is 128 Å². The summed E-state index contributed by atoms with van der Waals surface area (Å²) in [5, 5.41) is 1.93. The van der Waals surface area contributed by atoms with Crippen LogP contribution < -0.4 is 4.90 Å². The van der Waals surface area contributed by atoms with Crippen LogP contribution in [0.3, 0.4) is 0 Å². The van der Waals surface area contributed by atoms with Crippen molar-refractivity contribution < 1.29 is 9.59 Å². The molecule has 40 heavy (non-hydrogen) atoms. The average Bonchev–Trinajstić information content (AvgIpc) is 3.45. The van der Waals surface area contributed by atoms with Gasteiger partial charge in [-0.25, -0.2) is 0 Å². The zero-order valence-electron chi connectivity index (χ0n) is 23.3. The molecule has 196 valence electrons. The Kier molecular flexibility index (Phi) is 5.32. The van der Waals surface area contributed by atoms with Gasteiger partial charge in [0.1, 0.15) is 0 Å². The lowest BCUT2D eigenvalue weighted by atomic mass is 9.78. The van der Waals surface area contributed by atoms with Gasteiger partial charge in [-0.1, -0.05) is 74.0 Å². The van der Waals surface area contributed by atoms with Gasteiger partial charge in [0.25, 0.3) is 0 Å². The van der Waals surface area contributed by atoms with E-state index in [4.69, 9.17) is 0 Å². The topological polar surface area (TPSA) is 37.4 Å². The minimum absolute atomic E-state index is 0.193. The fourth-order valence-corrected chi connectivity index (χ4v) is 7.79. The molecule has 2 aliphatic rings. The Hall–Kier alpha value is -4.28. The normalized spacial score (nSPS) is 15.3. The molecule has 1 aliphatic carbocycles. The molecule has 3 nitrogen and oxygen atoms in total. The lowest BCUT2D eigenvalue weighted by Crippen LogP contribution is -2.29. The third kappa shape index (κ3) is 3.49. The van der Waals surface area contributed by atoms with Crippen molar-refractivity contribution in [3.8, 4) is 0 Å². The first-order valence-corrected chi connectivity index (χ1v) is 14.4. The minimum Gasteiger partial charge on any atom is -0.308 e. The predicted octanol–water partition coefficient (Wildman–Crippen LogP) is 9.40. The molecule has 0 bridgehead atoms. The number of carbonyl (C=O) groups excluding carboxylic acids is 2. The zero-order chi connectivity index (χ0) is 27.9. The fraction of sp³-hybridized carbons (Fsp3) is 0.167. The fourth-order valence-electron chi connectivity index (χ4n) is 6.58. The number of Topliss-reactive ketones (excluding diaryl/α,β-unsaturated/α-hetero) is 2. The van der Waals surface area contributed by atoms with Crippen LogP contribution in [0.4, 0.5) is 17.1 Å². The highest BCUT2D eigenvalue weighted by atomic mass is 32.1. The number of hydrogen-bond acceptors (Lipinski definition) is 4. The summed E-state index contributed by atoms with van der Waals surface area (Å²) in [6.07, 6.45) is 1.81. The first kappa shape index (κ1) is 24.7. The van der Waals surface area contributed by atoms with Crippen LogP contribution in [0.15, 0.2) is 84.4 Å². The van der Waals surface area contributed by atoms with Crippen LogP contribution in [0, 0.1) is 20.8 Å². The second kappa shape index (κ2) is 8.61. The average molecular weight is 540 g/mol. The summed E-state index contributed by atoms with van der Waals surface area (Å²) in [5.41, 5.74) is 9.39. The molecule has 2 heterocycles. The number of aryl methyl sites for hydroxylation is 3. The first-order valence-electron chi connectivity index (χ1n) is 13.6. The van der Waals surface area contributed by atoms with Crippen molar-refractivity contribution in [1.82, 2.24) is 0 Å². The smallest absolute Gasteiger partial charge is 0.197 e. The van der Waals surface area contributed by atoms with E-state index in [1.54, 1.807) is 11.3 Å². The maximum absolute atomic E-state index is 13.5. The van der Waals surface area contributed by atoms with E-state index >= 15 is 0 Å². The summed E-state index contributed by atoms with van der Waals surface area (Å²) in [4.78, 5) is 31.5. The molecule has 0 N–H and O–H groups in total. The largest absolute Gasteiger partial charge is 0.308 e. The third-order valence-electron chi connectivity index (χ3n) is 8.37. The van der Waals surface area contributed by atoms with Crippen LogP contribution in [0.25, 0.3) is 16.8 Å². The van der Waals surface area contributed by atoms with Gasteiger partial charge in [-0.2, -0.15) is 0 Å². The van der Waals surface area contributed by atoms with Crippen LogP contribution in [-0.2, 0) is 5.41 Å². The van der Waals surface area contributed by atoms with Crippen LogP contribution in [0.2, 0.25) is 0 Å². The number of fused-ring (bicyclic) bond motifs is 4. The van der Waals surface area contributed by atoms with E-state index < -0.39 is 0 Å². The van der Waals surface area contributed by atoms with Gasteiger partial charge in [-0.15, -0.1) is 11.3 Å². The number of para-hydroxylation sites is 1. The number of anilines is 3. The minimum atomic E-state index is -0.235. The zero-order valence-corrected chi connectivity index (χ0v) is 24.1. The lowest BCUT2D eigenvalue weighted by molar-refractivity contribution is 0.0990.